The molecule has 0 amide bonds. The Morgan fingerprint density at radius 3 is 2.88 bits per heavy atom. The highest BCUT2D eigenvalue weighted by Gasteiger charge is 2.08. The fourth-order valence-corrected chi connectivity index (χ4v) is 1.66. The zero-order chi connectivity index (χ0) is 12.8. The number of halogens is 1. The van der Waals surface area contributed by atoms with E-state index in [-0.39, 0.29) is 0 Å². The van der Waals surface area contributed by atoms with Crippen molar-refractivity contribution in [3.05, 3.63) is 17.0 Å². The van der Waals surface area contributed by atoms with Gasteiger partial charge in [-0.3, -0.25) is 0 Å². The lowest BCUT2D eigenvalue weighted by Gasteiger charge is -2.19. The van der Waals surface area contributed by atoms with Crippen molar-refractivity contribution >= 4 is 34.7 Å². The van der Waals surface area contributed by atoms with Gasteiger partial charge in [-0.05, 0) is 19.1 Å². The van der Waals surface area contributed by atoms with Crippen LogP contribution in [0.3, 0.4) is 0 Å². The monoisotopic (exact) mass is 273 g/mol. The molecular weight excluding hydrogens is 258 g/mol. The maximum atomic E-state index is 6.02. The Hall–Kier alpha value is -1.14. The molecule has 5 nitrogen and oxygen atoms in total. The molecule has 0 bridgehead atoms. The molecular formula is C10H16ClN5S. The van der Waals surface area contributed by atoms with Crippen LogP contribution in [0.25, 0.3) is 0 Å². The van der Waals surface area contributed by atoms with E-state index in [9.17, 15) is 0 Å². The van der Waals surface area contributed by atoms with Gasteiger partial charge in [0.1, 0.15) is 0 Å². The Balaban J connectivity index is 2.52. The SMILES string of the molecule is CNC(=S)NCCN(C)c1ncc(C)nc1Cl. The molecule has 0 saturated heterocycles. The van der Waals surface area contributed by atoms with Crippen LogP contribution in [0, 0.1) is 6.92 Å². The summed E-state index contributed by atoms with van der Waals surface area (Å²) in [5.41, 5.74) is 0.807. The van der Waals surface area contributed by atoms with Crippen LogP contribution in [-0.2, 0) is 0 Å². The van der Waals surface area contributed by atoms with E-state index < -0.39 is 0 Å². The van der Waals surface area contributed by atoms with Crippen molar-refractivity contribution in [3.63, 3.8) is 0 Å². The number of nitrogens with one attached hydrogen (secondary N) is 2. The summed E-state index contributed by atoms with van der Waals surface area (Å²) in [4.78, 5) is 10.3. The van der Waals surface area contributed by atoms with Crippen molar-refractivity contribution < 1.29 is 0 Å². The fourth-order valence-electron chi connectivity index (χ4n) is 1.23. The van der Waals surface area contributed by atoms with Crippen LogP contribution in [0.1, 0.15) is 5.69 Å². The highest BCUT2D eigenvalue weighted by Crippen LogP contribution is 2.18. The maximum Gasteiger partial charge on any atom is 0.171 e. The van der Waals surface area contributed by atoms with Crippen LogP contribution in [0.15, 0.2) is 6.20 Å². The topological polar surface area (TPSA) is 53.1 Å². The largest absolute Gasteiger partial charge is 0.366 e. The zero-order valence-corrected chi connectivity index (χ0v) is 11.7. The van der Waals surface area contributed by atoms with Gasteiger partial charge in [0.25, 0.3) is 0 Å². The Kier molecular flexibility index (Phi) is 5.37. The summed E-state index contributed by atoms with van der Waals surface area (Å²) >= 11 is 11.0. The molecule has 0 aromatic carbocycles. The average Bonchev–Trinajstić information content (AvgIpc) is 2.28. The minimum absolute atomic E-state index is 0.420. The number of aromatic nitrogens is 2. The molecule has 17 heavy (non-hydrogen) atoms. The van der Waals surface area contributed by atoms with Crippen molar-refractivity contribution in [2.24, 2.45) is 0 Å². The third-order valence-corrected chi connectivity index (χ3v) is 2.76. The summed E-state index contributed by atoms with van der Waals surface area (Å²) in [7, 11) is 3.69. The molecule has 0 unspecified atom stereocenters. The summed E-state index contributed by atoms with van der Waals surface area (Å²) in [6.07, 6.45) is 1.70. The number of aryl methyl sites for hydroxylation is 1. The summed E-state index contributed by atoms with van der Waals surface area (Å²) in [5.74, 6) is 0.675. The van der Waals surface area contributed by atoms with E-state index >= 15 is 0 Å². The molecule has 0 spiro atoms. The normalized spacial score (nSPS) is 9.88. The Morgan fingerprint density at radius 1 is 1.59 bits per heavy atom. The van der Waals surface area contributed by atoms with Crippen molar-refractivity contribution in [1.82, 2.24) is 20.6 Å². The van der Waals surface area contributed by atoms with E-state index in [4.69, 9.17) is 23.8 Å². The first-order chi connectivity index (χ1) is 8.04. The fraction of sp³-hybridized carbons (Fsp3) is 0.500. The quantitative estimate of drug-likeness (QED) is 0.798. The number of likely N-dealkylation sites (N-methyl/N-ethyl adjacent to an activating group) is 1. The molecule has 1 rings (SSSR count). The van der Waals surface area contributed by atoms with E-state index in [0.29, 0.717) is 22.6 Å². The van der Waals surface area contributed by atoms with E-state index in [1.807, 2.05) is 18.9 Å². The Bertz CT molecular complexity index is 398. The van der Waals surface area contributed by atoms with Gasteiger partial charge in [-0.1, -0.05) is 11.6 Å². The lowest BCUT2D eigenvalue weighted by Crippen LogP contribution is -2.38. The number of hydrogen-bond donors (Lipinski definition) is 2. The van der Waals surface area contributed by atoms with Crippen molar-refractivity contribution in [1.29, 1.82) is 0 Å². The van der Waals surface area contributed by atoms with Gasteiger partial charge >= 0.3 is 0 Å². The lowest BCUT2D eigenvalue weighted by atomic mass is 10.4. The smallest absolute Gasteiger partial charge is 0.171 e. The first-order valence-corrected chi connectivity index (χ1v) is 5.99. The van der Waals surface area contributed by atoms with Crippen LogP contribution in [0.4, 0.5) is 5.82 Å². The van der Waals surface area contributed by atoms with Crippen molar-refractivity contribution in [2.75, 3.05) is 32.1 Å². The molecule has 1 heterocycles. The van der Waals surface area contributed by atoms with Gasteiger partial charge in [-0.25, -0.2) is 9.97 Å². The third-order valence-electron chi connectivity index (χ3n) is 2.15. The second-order valence-corrected chi connectivity index (χ2v) is 4.32. The molecule has 94 valence electrons. The van der Waals surface area contributed by atoms with Gasteiger partial charge < -0.3 is 15.5 Å². The van der Waals surface area contributed by atoms with Crippen LogP contribution in [0.2, 0.25) is 5.15 Å². The Labute approximate surface area is 112 Å². The molecule has 0 saturated carbocycles. The summed E-state index contributed by atoms with van der Waals surface area (Å²) in [6, 6.07) is 0. The molecule has 0 radical (unpaired) electrons. The minimum Gasteiger partial charge on any atom is -0.366 e. The van der Waals surface area contributed by atoms with E-state index in [1.54, 1.807) is 13.2 Å². The van der Waals surface area contributed by atoms with Crippen LogP contribution in [0.5, 0.6) is 0 Å². The number of nitrogens with zero attached hydrogens (tertiary/aromatic N) is 3. The third kappa shape index (κ3) is 4.32. The van der Waals surface area contributed by atoms with E-state index in [1.165, 1.54) is 0 Å². The molecule has 2 N–H and O–H groups in total. The lowest BCUT2D eigenvalue weighted by molar-refractivity contribution is 0.801. The predicted octanol–water partition coefficient (Wildman–Crippen LogP) is 0.969. The molecule has 0 fully saturated rings. The molecule has 0 aliphatic carbocycles. The van der Waals surface area contributed by atoms with Gasteiger partial charge in [0, 0.05) is 27.2 Å². The highest BCUT2D eigenvalue weighted by molar-refractivity contribution is 7.80. The van der Waals surface area contributed by atoms with Crippen molar-refractivity contribution in [3.8, 4) is 0 Å². The van der Waals surface area contributed by atoms with Crippen LogP contribution in [-0.4, -0.2) is 42.3 Å². The number of hydrogen-bond acceptors (Lipinski definition) is 4. The predicted molar refractivity (Wildman–Crippen MR) is 74.7 cm³/mol. The zero-order valence-electron chi connectivity index (χ0n) is 10.1. The molecule has 1 aromatic rings. The standard InChI is InChI=1S/C10H16ClN5S/c1-7-6-14-9(8(11)15-7)16(3)5-4-13-10(17)12-2/h6H,4-5H2,1-3H3,(H2,12,13,17). The molecule has 0 atom stereocenters. The Morgan fingerprint density at radius 2 is 2.29 bits per heavy atom. The second kappa shape index (κ2) is 6.56. The average molecular weight is 274 g/mol. The van der Waals surface area contributed by atoms with Crippen LogP contribution >= 0.6 is 23.8 Å². The summed E-state index contributed by atoms with van der Waals surface area (Å²) in [6.45, 7) is 3.30. The minimum atomic E-state index is 0.420. The van der Waals surface area contributed by atoms with Gasteiger partial charge in [0.15, 0.2) is 16.1 Å². The van der Waals surface area contributed by atoms with Gasteiger partial charge in [-0.2, -0.15) is 0 Å². The second-order valence-electron chi connectivity index (χ2n) is 3.55. The van der Waals surface area contributed by atoms with E-state index in [2.05, 4.69) is 20.6 Å². The molecule has 7 heteroatoms. The molecule has 0 aliphatic heterocycles. The van der Waals surface area contributed by atoms with Crippen LogP contribution < -0.4 is 15.5 Å². The summed E-state index contributed by atoms with van der Waals surface area (Å²) < 4.78 is 0. The van der Waals surface area contributed by atoms with Gasteiger partial charge in [0.2, 0.25) is 0 Å². The first kappa shape index (κ1) is 13.9. The number of rotatable bonds is 4. The maximum absolute atomic E-state index is 6.02. The van der Waals surface area contributed by atoms with Gasteiger partial charge in [0.05, 0.1) is 11.9 Å². The highest BCUT2D eigenvalue weighted by atomic mass is 35.5. The molecule has 0 aliphatic rings. The van der Waals surface area contributed by atoms with E-state index in [0.717, 1.165) is 12.2 Å². The molecule has 1 aromatic heterocycles. The number of anilines is 1. The van der Waals surface area contributed by atoms with Crippen molar-refractivity contribution in [2.45, 2.75) is 6.92 Å². The first-order valence-electron chi connectivity index (χ1n) is 5.20. The number of thiocarbonyl (C=S) groups is 1. The summed E-state index contributed by atoms with van der Waals surface area (Å²) in [5, 5.41) is 6.94. The van der Waals surface area contributed by atoms with Gasteiger partial charge in [-0.15, -0.1) is 0 Å².